The molecule has 0 aliphatic carbocycles. The number of aromatic nitrogens is 1. The molecule has 1 N–H and O–H groups in total. The Hall–Kier alpha value is -2.31. The number of nitrogens with one attached hydrogen (secondary N) is 1. The molecular weight excluding hydrogens is 323 g/mol. The van der Waals surface area contributed by atoms with E-state index in [1.807, 2.05) is 0 Å². The molecule has 2 heterocycles. The van der Waals surface area contributed by atoms with Crippen molar-refractivity contribution in [3.8, 4) is 11.1 Å². The van der Waals surface area contributed by atoms with Crippen LogP contribution in [0.2, 0.25) is 0 Å². The smallest absolute Gasteiger partial charge is 0.253 e. The van der Waals surface area contributed by atoms with Gasteiger partial charge in [-0.25, -0.2) is 4.39 Å². The Bertz CT molecular complexity index is 732. The highest BCUT2D eigenvalue weighted by Crippen LogP contribution is 2.27. The topological polar surface area (TPSA) is 60.5 Å². The Balaban J connectivity index is 1.66. The van der Waals surface area contributed by atoms with Crippen molar-refractivity contribution in [1.82, 2.24) is 4.98 Å². The van der Waals surface area contributed by atoms with Crippen LogP contribution in [0.4, 0.5) is 10.1 Å². The highest BCUT2D eigenvalue weighted by atomic mass is 19.1. The average molecular weight is 344 g/mol. The predicted octanol–water partition coefficient (Wildman–Crippen LogP) is 3.41. The summed E-state index contributed by atoms with van der Waals surface area (Å²) in [5.41, 5.74) is 1.89. The minimum atomic E-state index is -0.621. The molecule has 132 valence electrons. The lowest BCUT2D eigenvalue weighted by Crippen LogP contribution is -2.30. The first kappa shape index (κ1) is 17.5. The SMILES string of the molecule is CC(OCC1CCCO1)C(=O)Nc1cnccc1-c1cccc(F)c1. The first-order chi connectivity index (χ1) is 12.1. The second kappa shape index (κ2) is 8.18. The Morgan fingerprint density at radius 3 is 3.12 bits per heavy atom. The van der Waals surface area contributed by atoms with Gasteiger partial charge in [0, 0.05) is 18.4 Å². The lowest BCUT2D eigenvalue weighted by Gasteiger charge is -2.17. The maximum atomic E-state index is 13.5. The van der Waals surface area contributed by atoms with Crippen molar-refractivity contribution < 1.29 is 18.7 Å². The van der Waals surface area contributed by atoms with Gasteiger partial charge in [-0.2, -0.15) is 0 Å². The van der Waals surface area contributed by atoms with E-state index in [9.17, 15) is 9.18 Å². The van der Waals surface area contributed by atoms with E-state index in [0.29, 0.717) is 23.4 Å². The van der Waals surface area contributed by atoms with E-state index < -0.39 is 6.10 Å². The van der Waals surface area contributed by atoms with Crippen LogP contribution in [0.15, 0.2) is 42.7 Å². The van der Waals surface area contributed by atoms with Gasteiger partial charge in [-0.15, -0.1) is 0 Å². The van der Waals surface area contributed by atoms with E-state index in [4.69, 9.17) is 9.47 Å². The third kappa shape index (κ3) is 4.61. The van der Waals surface area contributed by atoms with Crippen LogP contribution in [0.25, 0.3) is 11.1 Å². The number of carbonyl (C=O) groups is 1. The monoisotopic (exact) mass is 344 g/mol. The van der Waals surface area contributed by atoms with Crippen molar-refractivity contribution >= 4 is 11.6 Å². The van der Waals surface area contributed by atoms with Crippen LogP contribution in [-0.2, 0) is 14.3 Å². The summed E-state index contributed by atoms with van der Waals surface area (Å²) in [4.78, 5) is 16.4. The first-order valence-corrected chi connectivity index (χ1v) is 8.37. The van der Waals surface area contributed by atoms with Crippen molar-refractivity contribution in [2.75, 3.05) is 18.5 Å². The molecule has 0 radical (unpaired) electrons. The molecule has 1 aromatic carbocycles. The average Bonchev–Trinajstić information content (AvgIpc) is 3.13. The van der Waals surface area contributed by atoms with Gasteiger partial charge in [0.15, 0.2) is 0 Å². The molecule has 1 fully saturated rings. The largest absolute Gasteiger partial charge is 0.376 e. The van der Waals surface area contributed by atoms with Gasteiger partial charge < -0.3 is 14.8 Å². The lowest BCUT2D eigenvalue weighted by molar-refractivity contribution is -0.128. The minimum absolute atomic E-state index is 0.0662. The fourth-order valence-electron chi connectivity index (χ4n) is 2.74. The summed E-state index contributed by atoms with van der Waals surface area (Å²) >= 11 is 0. The van der Waals surface area contributed by atoms with E-state index in [-0.39, 0.29) is 17.8 Å². The van der Waals surface area contributed by atoms with Crippen LogP contribution in [0.3, 0.4) is 0 Å². The molecule has 0 spiro atoms. The summed E-state index contributed by atoms with van der Waals surface area (Å²) in [6.07, 6.45) is 4.58. The van der Waals surface area contributed by atoms with Crippen LogP contribution in [0, 0.1) is 5.82 Å². The highest BCUT2D eigenvalue weighted by Gasteiger charge is 2.20. The number of pyridine rings is 1. The Morgan fingerprint density at radius 1 is 1.48 bits per heavy atom. The van der Waals surface area contributed by atoms with Crippen molar-refractivity contribution in [1.29, 1.82) is 0 Å². The summed E-state index contributed by atoms with van der Waals surface area (Å²) in [5, 5.41) is 2.81. The van der Waals surface area contributed by atoms with Gasteiger partial charge in [-0.3, -0.25) is 9.78 Å². The summed E-state index contributed by atoms with van der Waals surface area (Å²) in [5.74, 6) is -0.608. The quantitative estimate of drug-likeness (QED) is 0.872. The van der Waals surface area contributed by atoms with Crippen LogP contribution < -0.4 is 5.32 Å². The number of rotatable bonds is 6. The van der Waals surface area contributed by atoms with Gasteiger partial charge in [0.25, 0.3) is 5.91 Å². The van der Waals surface area contributed by atoms with Crippen LogP contribution in [0.1, 0.15) is 19.8 Å². The number of carbonyl (C=O) groups excluding carboxylic acids is 1. The van der Waals surface area contributed by atoms with Gasteiger partial charge in [0.05, 0.1) is 24.6 Å². The number of halogens is 1. The fourth-order valence-corrected chi connectivity index (χ4v) is 2.74. The molecule has 2 aromatic rings. The molecule has 1 aromatic heterocycles. The number of benzene rings is 1. The number of hydrogen-bond acceptors (Lipinski definition) is 4. The summed E-state index contributed by atoms with van der Waals surface area (Å²) in [6, 6.07) is 7.95. The zero-order valence-electron chi connectivity index (χ0n) is 14.1. The van der Waals surface area contributed by atoms with E-state index in [1.54, 1.807) is 37.5 Å². The number of anilines is 1. The van der Waals surface area contributed by atoms with Gasteiger partial charge >= 0.3 is 0 Å². The predicted molar refractivity (Wildman–Crippen MR) is 92.6 cm³/mol. The second-order valence-corrected chi connectivity index (χ2v) is 6.03. The zero-order valence-corrected chi connectivity index (χ0v) is 14.1. The third-order valence-corrected chi connectivity index (χ3v) is 4.14. The molecule has 2 atom stereocenters. The first-order valence-electron chi connectivity index (χ1n) is 8.37. The third-order valence-electron chi connectivity index (χ3n) is 4.14. The molecule has 0 bridgehead atoms. The Labute approximate surface area is 146 Å². The standard InChI is InChI=1S/C19H21FN2O3/c1-13(25-12-16-6-3-9-24-16)19(23)22-18-11-21-8-7-17(18)14-4-2-5-15(20)10-14/h2,4-5,7-8,10-11,13,16H,3,6,9,12H2,1H3,(H,22,23). The van der Waals surface area contributed by atoms with Gasteiger partial charge in [-0.05, 0) is 43.5 Å². The fraction of sp³-hybridized carbons (Fsp3) is 0.368. The number of hydrogen-bond donors (Lipinski definition) is 1. The molecule has 25 heavy (non-hydrogen) atoms. The van der Waals surface area contributed by atoms with Gasteiger partial charge in [0.1, 0.15) is 11.9 Å². The molecular formula is C19H21FN2O3. The molecule has 1 amide bonds. The Morgan fingerprint density at radius 2 is 2.36 bits per heavy atom. The maximum Gasteiger partial charge on any atom is 0.253 e. The summed E-state index contributed by atoms with van der Waals surface area (Å²) in [6.45, 7) is 2.85. The lowest BCUT2D eigenvalue weighted by atomic mass is 10.1. The molecule has 0 saturated carbocycles. The van der Waals surface area contributed by atoms with E-state index >= 15 is 0 Å². The minimum Gasteiger partial charge on any atom is -0.376 e. The van der Waals surface area contributed by atoms with Gasteiger partial charge in [-0.1, -0.05) is 12.1 Å². The van der Waals surface area contributed by atoms with Crippen molar-refractivity contribution in [3.05, 3.63) is 48.5 Å². The molecule has 3 rings (SSSR count). The second-order valence-electron chi connectivity index (χ2n) is 6.03. The summed E-state index contributed by atoms with van der Waals surface area (Å²) in [7, 11) is 0. The number of nitrogens with zero attached hydrogens (tertiary/aromatic N) is 1. The van der Waals surface area contributed by atoms with E-state index in [2.05, 4.69) is 10.3 Å². The molecule has 2 unspecified atom stereocenters. The number of amides is 1. The molecule has 1 aliphatic heterocycles. The molecule has 1 saturated heterocycles. The molecule has 1 aliphatic rings. The molecule has 5 nitrogen and oxygen atoms in total. The Kier molecular flexibility index (Phi) is 5.73. The van der Waals surface area contributed by atoms with Gasteiger partial charge in [0.2, 0.25) is 0 Å². The summed E-state index contributed by atoms with van der Waals surface area (Å²) < 4.78 is 24.6. The van der Waals surface area contributed by atoms with Crippen molar-refractivity contribution in [2.45, 2.75) is 32.0 Å². The van der Waals surface area contributed by atoms with Crippen molar-refractivity contribution in [2.24, 2.45) is 0 Å². The normalized spacial score (nSPS) is 18.1. The van der Waals surface area contributed by atoms with Crippen LogP contribution in [0.5, 0.6) is 0 Å². The van der Waals surface area contributed by atoms with E-state index in [0.717, 1.165) is 19.4 Å². The van der Waals surface area contributed by atoms with Crippen LogP contribution in [-0.4, -0.2) is 36.3 Å². The van der Waals surface area contributed by atoms with Crippen molar-refractivity contribution in [3.63, 3.8) is 0 Å². The molecule has 6 heteroatoms. The van der Waals surface area contributed by atoms with E-state index in [1.165, 1.54) is 12.1 Å². The number of ether oxygens (including phenoxy) is 2. The maximum absolute atomic E-state index is 13.5. The zero-order chi connectivity index (χ0) is 17.6. The highest BCUT2D eigenvalue weighted by molar-refractivity contribution is 5.97. The van der Waals surface area contributed by atoms with Crippen LogP contribution >= 0.6 is 0 Å².